The standard InChI is InChI=1S/C49H97N2O6P/c1-6-8-10-12-14-16-18-20-21-22-23-24-25-26-27-28-29-31-33-35-37-39-41-43-49(53)50-47(46-57-58(54,55)56-45-44-51(3,4)5)48(52)42-40-38-36-34-32-30-19-17-15-13-11-9-7-2/h23-24,26-27,47-48,52H,6-22,25,28-46H2,1-5H3,(H-,50,53,54,55)/b24-23-,27-26-. The maximum atomic E-state index is 12.9. The van der Waals surface area contributed by atoms with Crippen LogP contribution in [0.1, 0.15) is 232 Å². The molecule has 2 N–H and O–H groups in total. The fraction of sp³-hybridized carbons (Fsp3) is 0.898. The van der Waals surface area contributed by atoms with Crippen LogP contribution in [0.4, 0.5) is 0 Å². The maximum Gasteiger partial charge on any atom is 0.268 e. The molecule has 344 valence electrons. The third-order valence-corrected chi connectivity index (χ3v) is 12.2. The number of carbonyl (C=O) groups is 1. The number of aliphatic hydroxyl groups is 1. The lowest BCUT2D eigenvalue weighted by molar-refractivity contribution is -0.870. The van der Waals surface area contributed by atoms with Crippen LogP contribution in [0.25, 0.3) is 0 Å². The van der Waals surface area contributed by atoms with Crippen molar-refractivity contribution in [2.75, 3.05) is 40.9 Å². The Morgan fingerprint density at radius 2 is 1.00 bits per heavy atom. The van der Waals surface area contributed by atoms with E-state index in [-0.39, 0.29) is 19.1 Å². The van der Waals surface area contributed by atoms with Crippen LogP contribution in [-0.2, 0) is 18.4 Å². The van der Waals surface area contributed by atoms with Crippen molar-refractivity contribution in [3.63, 3.8) is 0 Å². The van der Waals surface area contributed by atoms with Gasteiger partial charge in [-0.2, -0.15) is 0 Å². The zero-order chi connectivity index (χ0) is 42.8. The van der Waals surface area contributed by atoms with E-state index in [1.54, 1.807) is 0 Å². The highest BCUT2D eigenvalue weighted by Gasteiger charge is 2.24. The van der Waals surface area contributed by atoms with Gasteiger partial charge in [0.1, 0.15) is 13.2 Å². The number of aliphatic hydroxyl groups excluding tert-OH is 1. The highest BCUT2D eigenvalue weighted by molar-refractivity contribution is 7.45. The number of amides is 1. The Balaban J connectivity index is 4.24. The molecule has 0 aliphatic heterocycles. The van der Waals surface area contributed by atoms with Crippen molar-refractivity contribution in [3.05, 3.63) is 24.3 Å². The molecule has 0 radical (unpaired) electrons. The van der Waals surface area contributed by atoms with Crippen LogP contribution in [0.2, 0.25) is 0 Å². The van der Waals surface area contributed by atoms with Crippen molar-refractivity contribution in [1.29, 1.82) is 0 Å². The third-order valence-electron chi connectivity index (χ3n) is 11.2. The molecule has 0 spiro atoms. The molecular weight excluding hydrogens is 744 g/mol. The Morgan fingerprint density at radius 1 is 0.603 bits per heavy atom. The van der Waals surface area contributed by atoms with E-state index in [2.05, 4.69) is 43.5 Å². The first-order valence-electron chi connectivity index (χ1n) is 24.7. The van der Waals surface area contributed by atoms with Gasteiger partial charge in [0, 0.05) is 6.42 Å². The minimum absolute atomic E-state index is 0.0111. The molecule has 0 aromatic heterocycles. The Kier molecular flexibility index (Phi) is 40.6. The SMILES string of the molecule is CCCCCCCCCCC/C=C\C/C=C\CCCCCCCCCC(=O)NC(COP(=O)([O-])OCC[N+](C)(C)C)C(O)CCCCCCCCCCCCCCC. The van der Waals surface area contributed by atoms with Gasteiger partial charge in [-0.05, 0) is 44.9 Å². The normalized spacial score (nSPS) is 14.4. The molecule has 0 aromatic carbocycles. The summed E-state index contributed by atoms with van der Waals surface area (Å²) in [7, 11) is 1.30. The van der Waals surface area contributed by atoms with Crippen molar-refractivity contribution in [1.82, 2.24) is 5.32 Å². The minimum atomic E-state index is -4.57. The molecule has 0 aromatic rings. The van der Waals surface area contributed by atoms with Gasteiger partial charge in [-0.3, -0.25) is 9.36 Å². The van der Waals surface area contributed by atoms with E-state index < -0.39 is 20.0 Å². The first-order valence-corrected chi connectivity index (χ1v) is 26.1. The van der Waals surface area contributed by atoms with E-state index in [0.717, 1.165) is 51.4 Å². The van der Waals surface area contributed by atoms with Crippen LogP contribution in [-0.4, -0.2) is 68.5 Å². The smallest absolute Gasteiger partial charge is 0.268 e. The quantitative estimate of drug-likeness (QED) is 0.0274. The molecule has 0 aliphatic rings. The summed E-state index contributed by atoms with van der Waals surface area (Å²) in [4.78, 5) is 25.4. The summed E-state index contributed by atoms with van der Waals surface area (Å²) in [5.41, 5.74) is 0. The molecule has 0 fully saturated rings. The predicted octanol–water partition coefficient (Wildman–Crippen LogP) is 13.5. The van der Waals surface area contributed by atoms with Gasteiger partial charge in [-0.25, -0.2) is 0 Å². The van der Waals surface area contributed by atoms with Crippen LogP contribution < -0.4 is 10.2 Å². The van der Waals surface area contributed by atoms with Crippen LogP contribution in [0.3, 0.4) is 0 Å². The molecule has 9 heteroatoms. The average molecular weight is 841 g/mol. The largest absolute Gasteiger partial charge is 0.756 e. The summed E-state index contributed by atoms with van der Waals surface area (Å²) >= 11 is 0. The Labute approximate surface area is 360 Å². The number of rotatable bonds is 45. The number of unbranched alkanes of at least 4 members (excludes halogenated alkanes) is 28. The monoisotopic (exact) mass is 841 g/mol. The summed E-state index contributed by atoms with van der Waals surface area (Å²) in [6.45, 7) is 4.72. The minimum Gasteiger partial charge on any atom is -0.756 e. The van der Waals surface area contributed by atoms with Gasteiger partial charge in [-0.15, -0.1) is 0 Å². The molecular formula is C49H97N2O6P. The lowest BCUT2D eigenvalue weighted by Gasteiger charge is -2.30. The first-order chi connectivity index (χ1) is 28.0. The summed E-state index contributed by atoms with van der Waals surface area (Å²) < 4.78 is 23.3. The van der Waals surface area contributed by atoms with E-state index in [1.807, 2.05) is 21.1 Å². The number of nitrogens with zero attached hydrogens (tertiary/aromatic N) is 1. The second-order valence-corrected chi connectivity index (χ2v) is 19.6. The molecule has 0 rings (SSSR count). The van der Waals surface area contributed by atoms with Gasteiger partial charge >= 0.3 is 0 Å². The Hall–Kier alpha value is -1.02. The van der Waals surface area contributed by atoms with Gasteiger partial charge in [0.15, 0.2) is 0 Å². The number of phosphoric ester groups is 1. The van der Waals surface area contributed by atoms with Crippen LogP contribution in [0.5, 0.6) is 0 Å². The number of carbonyl (C=O) groups excluding carboxylic acids is 1. The molecule has 1 amide bonds. The topological polar surface area (TPSA) is 108 Å². The molecule has 58 heavy (non-hydrogen) atoms. The molecule has 0 saturated carbocycles. The molecule has 0 heterocycles. The van der Waals surface area contributed by atoms with E-state index in [9.17, 15) is 19.4 Å². The van der Waals surface area contributed by atoms with Crippen LogP contribution >= 0.6 is 7.82 Å². The molecule has 3 unspecified atom stereocenters. The average Bonchev–Trinajstić information content (AvgIpc) is 3.17. The van der Waals surface area contributed by atoms with E-state index >= 15 is 0 Å². The fourth-order valence-corrected chi connectivity index (χ4v) is 7.97. The van der Waals surface area contributed by atoms with Crippen molar-refractivity contribution in [2.24, 2.45) is 0 Å². The van der Waals surface area contributed by atoms with Crippen LogP contribution in [0.15, 0.2) is 24.3 Å². The summed E-state index contributed by atoms with van der Waals surface area (Å²) in [5.74, 6) is -0.171. The third kappa shape index (κ3) is 43.1. The fourth-order valence-electron chi connectivity index (χ4n) is 7.25. The van der Waals surface area contributed by atoms with Crippen molar-refractivity contribution < 1.29 is 32.9 Å². The number of nitrogens with one attached hydrogen (secondary N) is 1. The first kappa shape index (κ1) is 57.0. The molecule has 0 bridgehead atoms. The maximum absolute atomic E-state index is 12.9. The zero-order valence-corrected chi connectivity index (χ0v) is 39.9. The highest BCUT2D eigenvalue weighted by atomic mass is 31.2. The second kappa shape index (κ2) is 41.3. The van der Waals surface area contributed by atoms with Gasteiger partial charge < -0.3 is 28.8 Å². The summed E-state index contributed by atoms with van der Waals surface area (Å²) in [6.07, 6.45) is 49.0. The number of phosphoric acid groups is 1. The molecule has 8 nitrogen and oxygen atoms in total. The van der Waals surface area contributed by atoms with Gasteiger partial charge in [0.05, 0.1) is 39.9 Å². The lowest BCUT2D eigenvalue weighted by atomic mass is 10.0. The van der Waals surface area contributed by atoms with Crippen molar-refractivity contribution in [2.45, 2.75) is 244 Å². The van der Waals surface area contributed by atoms with E-state index in [4.69, 9.17) is 9.05 Å². The molecule has 3 atom stereocenters. The number of allylic oxidation sites excluding steroid dienone is 4. The van der Waals surface area contributed by atoms with Gasteiger partial charge in [-0.1, -0.05) is 205 Å². The van der Waals surface area contributed by atoms with E-state index in [0.29, 0.717) is 23.9 Å². The number of hydrogen-bond acceptors (Lipinski definition) is 6. The van der Waals surface area contributed by atoms with Crippen LogP contribution in [0, 0.1) is 0 Å². The number of quaternary nitrogens is 1. The predicted molar refractivity (Wildman–Crippen MR) is 247 cm³/mol. The van der Waals surface area contributed by atoms with E-state index in [1.165, 1.54) is 154 Å². The van der Waals surface area contributed by atoms with Crippen molar-refractivity contribution in [3.8, 4) is 0 Å². The highest BCUT2D eigenvalue weighted by Crippen LogP contribution is 2.38. The second-order valence-electron chi connectivity index (χ2n) is 18.2. The Bertz CT molecular complexity index is 1000. The number of hydrogen-bond donors (Lipinski definition) is 2. The van der Waals surface area contributed by atoms with Crippen molar-refractivity contribution >= 4 is 13.7 Å². The summed E-state index contributed by atoms with van der Waals surface area (Å²) in [6, 6.07) is -0.802. The zero-order valence-electron chi connectivity index (χ0n) is 39.0. The Morgan fingerprint density at radius 3 is 1.43 bits per heavy atom. The van der Waals surface area contributed by atoms with Gasteiger partial charge in [0.25, 0.3) is 7.82 Å². The molecule has 0 saturated heterocycles. The summed E-state index contributed by atoms with van der Waals surface area (Å²) in [5, 5.41) is 13.9. The molecule has 0 aliphatic carbocycles. The van der Waals surface area contributed by atoms with Gasteiger partial charge in [0.2, 0.25) is 5.91 Å². The lowest BCUT2D eigenvalue weighted by Crippen LogP contribution is -2.46. The number of likely N-dealkylation sites (N-methyl/N-ethyl adjacent to an activating group) is 1.